The zero-order valence-electron chi connectivity index (χ0n) is 13.4. The Balaban J connectivity index is 2.04. The first-order chi connectivity index (χ1) is 10.6. The lowest BCUT2D eigenvalue weighted by Crippen LogP contribution is -2.39. The highest BCUT2D eigenvalue weighted by atomic mass is 16.5. The smallest absolute Gasteiger partial charge is 0.330 e. The summed E-state index contributed by atoms with van der Waals surface area (Å²) in [4.78, 5) is 13.4. The zero-order chi connectivity index (χ0) is 15.9. The van der Waals surface area contributed by atoms with Crippen LogP contribution in [0.15, 0.2) is 54.3 Å². The maximum Gasteiger partial charge on any atom is 0.330 e. The lowest BCUT2D eigenvalue weighted by atomic mass is 10.1. The van der Waals surface area contributed by atoms with E-state index < -0.39 is 0 Å². The highest BCUT2D eigenvalue weighted by molar-refractivity contribution is 5.82. The lowest BCUT2D eigenvalue weighted by molar-refractivity contribution is -0.134. The van der Waals surface area contributed by atoms with Crippen molar-refractivity contribution in [2.24, 2.45) is 0 Å². The molecule has 118 valence electrons. The number of rotatable bonds is 5. The number of benzene rings is 1. The van der Waals surface area contributed by atoms with Crippen molar-refractivity contribution >= 4 is 5.97 Å². The van der Waals surface area contributed by atoms with Crippen LogP contribution in [-0.2, 0) is 20.7 Å². The van der Waals surface area contributed by atoms with Crippen LogP contribution in [0.25, 0.3) is 0 Å². The van der Waals surface area contributed by atoms with E-state index in [9.17, 15) is 4.79 Å². The van der Waals surface area contributed by atoms with E-state index in [1.165, 1.54) is 18.7 Å². The molecule has 0 amide bonds. The van der Waals surface area contributed by atoms with Crippen molar-refractivity contribution in [3.8, 4) is 0 Å². The molecule has 0 N–H and O–H groups in total. The van der Waals surface area contributed by atoms with Gasteiger partial charge in [0.1, 0.15) is 6.23 Å². The third-order valence-corrected chi connectivity index (χ3v) is 3.77. The summed E-state index contributed by atoms with van der Waals surface area (Å²) >= 11 is 0. The van der Waals surface area contributed by atoms with Crippen LogP contribution in [-0.4, -0.2) is 36.9 Å². The van der Waals surface area contributed by atoms with Crippen LogP contribution in [0.2, 0.25) is 0 Å². The topological polar surface area (TPSA) is 38.8 Å². The van der Waals surface area contributed by atoms with E-state index in [0.717, 1.165) is 18.5 Å². The molecular formula is C18H23NO3. The number of carbonyl (C=O) groups is 1. The Morgan fingerprint density at radius 1 is 1.32 bits per heavy atom. The molecule has 0 saturated carbocycles. The molecule has 0 saturated heterocycles. The third-order valence-electron chi connectivity index (χ3n) is 3.77. The van der Waals surface area contributed by atoms with Gasteiger partial charge >= 0.3 is 5.97 Å². The van der Waals surface area contributed by atoms with E-state index in [-0.39, 0.29) is 18.3 Å². The van der Waals surface area contributed by atoms with E-state index in [1.54, 1.807) is 6.08 Å². The number of methoxy groups -OCH3 is 1. The molecular weight excluding hydrogens is 278 g/mol. The van der Waals surface area contributed by atoms with Crippen LogP contribution in [0, 0.1) is 0 Å². The fraction of sp³-hybridized carbons (Fsp3) is 0.389. The first-order valence-corrected chi connectivity index (χ1v) is 7.53. The number of hydrogen-bond acceptors (Lipinski definition) is 4. The molecule has 0 spiro atoms. The van der Waals surface area contributed by atoms with Crippen molar-refractivity contribution in [1.29, 1.82) is 0 Å². The molecule has 1 aliphatic heterocycles. The summed E-state index contributed by atoms with van der Waals surface area (Å²) in [5.74, 6) is -0.359. The van der Waals surface area contributed by atoms with Gasteiger partial charge < -0.3 is 14.4 Å². The van der Waals surface area contributed by atoms with Crippen LogP contribution in [0.4, 0.5) is 0 Å². The van der Waals surface area contributed by atoms with E-state index in [2.05, 4.69) is 28.0 Å². The Hall–Kier alpha value is -2.07. The summed E-state index contributed by atoms with van der Waals surface area (Å²) in [5.41, 5.74) is 2.27. The van der Waals surface area contributed by atoms with Gasteiger partial charge in [0.2, 0.25) is 0 Å². The molecule has 22 heavy (non-hydrogen) atoms. The second kappa shape index (κ2) is 7.80. The Morgan fingerprint density at radius 3 is 2.73 bits per heavy atom. The summed E-state index contributed by atoms with van der Waals surface area (Å²) in [5, 5.41) is 0. The van der Waals surface area contributed by atoms with Gasteiger partial charge in [-0.2, -0.15) is 0 Å². The number of carbonyl (C=O) groups excluding carboxylic acids is 1. The SMILES string of the molecule is COC(=O)/C=C/C1=CN(CCc2ccccc2)[C@H](C)O[C@H]1C. The van der Waals surface area contributed by atoms with Crippen molar-refractivity contribution in [3.63, 3.8) is 0 Å². The van der Waals surface area contributed by atoms with Gasteiger partial charge in [0, 0.05) is 18.8 Å². The maximum absolute atomic E-state index is 11.2. The van der Waals surface area contributed by atoms with E-state index >= 15 is 0 Å². The van der Waals surface area contributed by atoms with E-state index in [4.69, 9.17) is 4.74 Å². The number of ether oxygens (including phenoxy) is 2. The first kappa shape index (κ1) is 16.3. The molecule has 1 aromatic rings. The predicted molar refractivity (Wildman–Crippen MR) is 86.1 cm³/mol. The van der Waals surface area contributed by atoms with Crippen LogP contribution in [0.1, 0.15) is 19.4 Å². The molecule has 0 bridgehead atoms. The molecule has 0 aromatic heterocycles. The van der Waals surface area contributed by atoms with Gasteiger partial charge in [-0.3, -0.25) is 0 Å². The number of esters is 1. The van der Waals surface area contributed by atoms with Crippen LogP contribution < -0.4 is 0 Å². The zero-order valence-corrected chi connectivity index (χ0v) is 13.4. The normalized spacial score (nSPS) is 21.8. The molecule has 0 unspecified atom stereocenters. The minimum Gasteiger partial charge on any atom is -0.466 e. The molecule has 1 aliphatic rings. The Morgan fingerprint density at radius 2 is 2.05 bits per heavy atom. The second-order valence-electron chi connectivity index (χ2n) is 5.34. The lowest BCUT2D eigenvalue weighted by Gasteiger charge is -2.36. The molecule has 4 nitrogen and oxygen atoms in total. The van der Waals surface area contributed by atoms with Crippen LogP contribution in [0.5, 0.6) is 0 Å². The largest absolute Gasteiger partial charge is 0.466 e. The first-order valence-electron chi connectivity index (χ1n) is 7.53. The fourth-order valence-corrected chi connectivity index (χ4v) is 2.41. The molecule has 2 atom stereocenters. The molecule has 1 heterocycles. The number of hydrogen-bond donors (Lipinski definition) is 0. The summed E-state index contributed by atoms with van der Waals surface area (Å²) in [7, 11) is 1.37. The molecule has 1 aromatic carbocycles. The average Bonchev–Trinajstić information content (AvgIpc) is 2.53. The van der Waals surface area contributed by atoms with Gasteiger partial charge in [-0.05, 0) is 37.5 Å². The van der Waals surface area contributed by atoms with Crippen LogP contribution >= 0.6 is 0 Å². The average molecular weight is 301 g/mol. The Kier molecular flexibility index (Phi) is 5.78. The van der Waals surface area contributed by atoms with Crippen molar-refractivity contribution in [3.05, 3.63) is 59.8 Å². The third kappa shape index (κ3) is 4.46. The van der Waals surface area contributed by atoms with Gasteiger partial charge in [0.05, 0.1) is 13.2 Å². The van der Waals surface area contributed by atoms with Crippen molar-refractivity contribution in [2.75, 3.05) is 13.7 Å². The number of nitrogens with zero attached hydrogens (tertiary/aromatic N) is 1. The van der Waals surface area contributed by atoms with Crippen molar-refractivity contribution < 1.29 is 14.3 Å². The van der Waals surface area contributed by atoms with E-state index in [0.29, 0.717) is 0 Å². The maximum atomic E-state index is 11.2. The summed E-state index contributed by atoms with van der Waals surface area (Å²) in [6.07, 6.45) is 6.20. The molecule has 0 radical (unpaired) electrons. The summed E-state index contributed by atoms with van der Waals surface area (Å²) < 4.78 is 10.5. The molecule has 2 rings (SSSR count). The molecule has 4 heteroatoms. The van der Waals surface area contributed by atoms with Gasteiger partial charge in [-0.1, -0.05) is 30.3 Å². The summed E-state index contributed by atoms with van der Waals surface area (Å²) in [6, 6.07) is 10.4. The Bertz CT molecular complexity index is 551. The van der Waals surface area contributed by atoms with Gasteiger partial charge in [-0.25, -0.2) is 4.79 Å². The standard InChI is InChI=1S/C18H23NO3/c1-14-17(9-10-18(20)21-3)13-19(15(2)22-14)12-11-16-7-5-4-6-8-16/h4-10,13-15H,11-12H2,1-3H3/b10-9+/t14-,15-/m0/s1. The predicted octanol–water partition coefficient (Wildman–Crippen LogP) is 2.91. The van der Waals surface area contributed by atoms with Gasteiger partial charge in [0.15, 0.2) is 0 Å². The monoisotopic (exact) mass is 301 g/mol. The van der Waals surface area contributed by atoms with E-state index in [1.807, 2.05) is 32.0 Å². The van der Waals surface area contributed by atoms with Crippen molar-refractivity contribution in [2.45, 2.75) is 32.6 Å². The van der Waals surface area contributed by atoms with Crippen molar-refractivity contribution in [1.82, 2.24) is 4.90 Å². The van der Waals surface area contributed by atoms with Gasteiger partial charge in [-0.15, -0.1) is 0 Å². The minimum atomic E-state index is -0.359. The molecule has 0 fully saturated rings. The Labute approximate surface area is 132 Å². The quantitative estimate of drug-likeness (QED) is 0.619. The fourth-order valence-electron chi connectivity index (χ4n) is 2.41. The highest BCUT2D eigenvalue weighted by Crippen LogP contribution is 2.21. The molecule has 0 aliphatic carbocycles. The van der Waals surface area contributed by atoms with Gasteiger partial charge in [0.25, 0.3) is 0 Å². The second-order valence-corrected chi connectivity index (χ2v) is 5.34. The highest BCUT2D eigenvalue weighted by Gasteiger charge is 2.22. The minimum absolute atomic E-state index is 0.0222. The van der Waals surface area contributed by atoms with Crippen LogP contribution in [0.3, 0.4) is 0 Å². The summed E-state index contributed by atoms with van der Waals surface area (Å²) in [6.45, 7) is 4.89.